The van der Waals surface area contributed by atoms with Crippen LogP contribution in [0.4, 0.5) is 5.69 Å². The van der Waals surface area contributed by atoms with Gasteiger partial charge in [0.15, 0.2) is 0 Å². The highest BCUT2D eigenvalue weighted by Crippen LogP contribution is 2.22. The number of fused-ring (bicyclic) bond motifs is 1. The number of piperidine rings is 1. The van der Waals surface area contributed by atoms with E-state index in [0.717, 1.165) is 66.3 Å². The molecule has 0 radical (unpaired) electrons. The van der Waals surface area contributed by atoms with Gasteiger partial charge in [0.2, 0.25) is 5.91 Å². The smallest absolute Gasteiger partial charge is 0.228 e. The maximum absolute atomic E-state index is 12.9. The molecule has 8 heteroatoms. The Bertz CT molecular complexity index is 1200. The highest BCUT2D eigenvalue weighted by molar-refractivity contribution is 5.92. The number of aromatic nitrogens is 4. The van der Waals surface area contributed by atoms with Crippen LogP contribution < -0.4 is 5.32 Å². The topological polar surface area (TPSA) is 89.1 Å². The molecule has 0 spiro atoms. The summed E-state index contributed by atoms with van der Waals surface area (Å²) in [6.07, 6.45) is 5.61. The fraction of sp³-hybridized carbons (Fsp3) is 0.304. The van der Waals surface area contributed by atoms with Crippen molar-refractivity contribution >= 4 is 22.6 Å². The second kappa shape index (κ2) is 8.31. The Morgan fingerprint density at radius 1 is 1.16 bits per heavy atom. The lowest BCUT2D eigenvalue weighted by atomic mass is 9.96. The quantitative estimate of drug-likeness (QED) is 0.535. The molecule has 5 rings (SSSR count). The lowest BCUT2D eigenvalue weighted by molar-refractivity contribution is -0.121. The number of hydrogen-bond donors (Lipinski definition) is 1. The number of likely N-dealkylation sites (tertiary alicyclic amines) is 1. The first-order valence-electron chi connectivity index (χ1n) is 10.5. The minimum atomic E-state index is -0.0261. The summed E-state index contributed by atoms with van der Waals surface area (Å²) < 4.78 is 6.79. The molecular formula is C23H24N6O2. The van der Waals surface area contributed by atoms with Gasteiger partial charge >= 0.3 is 0 Å². The minimum absolute atomic E-state index is 0.0261. The number of anilines is 1. The van der Waals surface area contributed by atoms with Gasteiger partial charge in [0.05, 0.1) is 5.92 Å². The van der Waals surface area contributed by atoms with Gasteiger partial charge in [0, 0.05) is 36.9 Å². The SMILES string of the molecule is Cc1nccn1-c1ccc(NC(=O)C2CCCN(Cc3ccc4nonc4c3)C2)cc1. The number of benzene rings is 2. The van der Waals surface area contributed by atoms with Crippen molar-refractivity contribution in [3.8, 4) is 5.69 Å². The fourth-order valence-corrected chi connectivity index (χ4v) is 4.20. The van der Waals surface area contributed by atoms with Crippen LogP contribution in [0.5, 0.6) is 0 Å². The van der Waals surface area contributed by atoms with Crippen LogP contribution in [0.25, 0.3) is 16.7 Å². The molecule has 1 N–H and O–H groups in total. The summed E-state index contributed by atoms with van der Waals surface area (Å²) in [5, 5.41) is 10.8. The molecule has 2 aromatic carbocycles. The van der Waals surface area contributed by atoms with Gasteiger partial charge in [0.1, 0.15) is 16.9 Å². The molecule has 1 aliphatic heterocycles. The van der Waals surface area contributed by atoms with Crippen LogP contribution in [0.1, 0.15) is 24.2 Å². The Hall–Kier alpha value is -3.52. The van der Waals surface area contributed by atoms with E-state index in [0.29, 0.717) is 0 Å². The van der Waals surface area contributed by atoms with Crippen molar-refractivity contribution in [2.45, 2.75) is 26.3 Å². The van der Waals surface area contributed by atoms with Gasteiger partial charge in [-0.25, -0.2) is 9.61 Å². The van der Waals surface area contributed by atoms with Crippen LogP contribution in [0.2, 0.25) is 0 Å². The number of hydrogen-bond acceptors (Lipinski definition) is 6. The van der Waals surface area contributed by atoms with Crippen LogP contribution in [0.15, 0.2) is 59.5 Å². The van der Waals surface area contributed by atoms with Gasteiger partial charge in [-0.05, 0) is 78.6 Å². The minimum Gasteiger partial charge on any atom is -0.326 e. The summed E-state index contributed by atoms with van der Waals surface area (Å²) in [4.78, 5) is 19.5. The standard InChI is InChI=1S/C23H24N6O2/c1-16-24-10-12-29(16)20-7-5-19(6-8-20)25-23(30)18-3-2-11-28(15-18)14-17-4-9-21-22(13-17)27-31-26-21/h4-10,12-13,18H,2-3,11,14-15H2,1H3,(H,25,30). The zero-order chi connectivity index (χ0) is 21.2. The van der Waals surface area contributed by atoms with Gasteiger partial charge in [0.25, 0.3) is 0 Å². The fourth-order valence-electron chi connectivity index (χ4n) is 4.20. The summed E-state index contributed by atoms with van der Waals surface area (Å²) >= 11 is 0. The van der Waals surface area contributed by atoms with E-state index in [2.05, 4.69) is 25.5 Å². The highest BCUT2D eigenvalue weighted by Gasteiger charge is 2.26. The molecule has 1 unspecified atom stereocenters. The number of amides is 1. The van der Waals surface area contributed by atoms with E-state index in [1.165, 1.54) is 0 Å². The molecule has 0 bridgehead atoms. The molecule has 1 amide bonds. The summed E-state index contributed by atoms with van der Waals surface area (Å²) in [5.74, 6) is 0.979. The Balaban J connectivity index is 1.20. The number of rotatable bonds is 5. The number of imidazole rings is 1. The van der Waals surface area contributed by atoms with Gasteiger partial charge in [-0.2, -0.15) is 0 Å². The Labute approximate surface area is 179 Å². The van der Waals surface area contributed by atoms with E-state index in [1.807, 2.05) is 60.2 Å². The Kier molecular flexibility index (Phi) is 5.21. The molecule has 158 valence electrons. The third-order valence-corrected chi connectivity index (χ3v) is 5.84. The molecule has 2 aromatic heterocycles. The zero-order valence-corrected chi connectivity index (χ0v) is 17.4. The lowest BCUT2D eigenvalue weighted by Gasteiger charge is -2.32. The van der Waals surface area contributed by atoms with Crippen molar-refractivity contribution in [1.82, 2.24) is 24.8 Å². The molecule has 1 fully saturated rings. The van der Waals surface area contributed by atoms with Crippen molar-refractivity contribution < 1.29 is 9.42 Å². The van der Waals surface area contributed by atoms with Gasteiger partial charge in [-0.15, -0.1) is 0 Å². The van der Waals surface area contributed by atoms with E-state index in [4.69, 9.17) is 4.63 Å². The number of carbonyl (C=O) groups is 1. The second-order valence-electron chi connectivity index (χ2n) is 8.04. The molecule has 31 heavy (non-hydrogen) atoms. The van der Waals surface area contributed by atoms with E-state index < -0.39 is 0 Å². The van der Waals surface area contributed by atoms with E-state index in [1.54, 1.807) is 6.20 Å². The van der Waals surface area contributed by atoms with E-state index >= 15 is 0 Å². The summed E-state index contributed by atoms with van der Waals surface area (Å²) in [7, 11) is 0. The van der Waals surface area contributed by atoms with Crippen LogP contribution in [-0.4, -0.2) is 43.8 Å². The van der Waals surface area contributed by atoms with E-state index in [-0.39, 0.29) is 11.8 Å². The molecule has 4 aromatic rings. The first kappa shape index (κ1) is 19.4. The third kappa shape index (κ3) is 4.20. The number of aryl methyl sites for hydroxylation is 1. The molecule has 1 atom stereocenters. The van der Waals surface area contributed by atoms with Crippen molar-refractivity contribution in [2.24, 2.45) is 5.92 Å². The molecular weight excluding hydrogens is 392 g/mol. The van der Waals surface area contributed by atoms with Crippen LogP contribution in [0.3, 0.4) is 0 Å². The Morgan fingerprint density at radius 3 is 2.81 bits per heavy atom. The first-order chi connectivity index (χ1) is 15.2. The number of nitrogens with one attached hydrogen (secondary N) is 1. The Morgan fingerprint density at radius 2 is 2.00 bits per heavy atom. The maximum Gasteiger partial charge on any atom is 0.228 e. The van der Waals surface area contributed by atoms with Crippen LogP contribution >= 0.6 is 0 Å². The molecule has 0 saturated carbocycles. The highest BCUT2D eigenvalue weighted by atomic mass is 16.6. The molecule has 8 nitrogen and oxygen atoms in total. The number of carbonyl (C=O) groups excluding carboxylic acids is 1. The number of nitrogens with zero attached hydrogens (tertiary/aromatic N) is 5. The van der Waals surface area contributed by atoms with Crippen LogP contribution in [-0.2, 0) is 11.3 Å². The predicted octanol–water partition coefficient (Wildman–Crippen LogP) is 3.57. The monoisotopic (exact) mass is 416 g/mol. The normalized spacial score (nSPS) is 17.1. The summed E-state index contributed by atoms with van der Waals surface area (Å²) in [6, 6.07) is 13.8. The largest absolute Gasteiger partial charge is 0.326 e. The van der Waals surface area contributed by atoms with Gasteiger partial charge in [-0.1, -0.05) is 6.07 Å². The predicted molar refractivity (Wildman–Crippen MR) is 117 cm³/mol. The molecule has 1 saturated heterocycles. The third-order valence-electron chi connectivity index (χ3n) is 5.84. The molecule has 3 heterocycles. The van der Waals surface area contributed by atoms with Crippen molar-refractivity contribution in [3.05, 3.63) is 66.2 Å². The van der Waals surface area contributed by atoms with Gasteiger partial charge < -0.3 is 9.88 Å². The average molecular weight is 416 g/mol. The summed E-state index contributed by atoms with van der Waals surface area (Å²) in [6.45, 7) is 4.47. The zero-order valence-electron chi connectivity index (χ0n) is 17.4. The van der Waals surface area contributed by atoms with Crippen molar-refractivity contribution in [3.63, 3.8) is 0 Å². The molecule has 1 aliphatic rings. The second-order valence-corrected chi connectivity index (χ2v) is 8.04. The van der Waals surface area contributed by atoms with Crippen molar-refractivity contribution in [2.75, 3.05) is 18.4 Å². The van der Waals surface area contributed by atoms with Crippen LogP contribution in [0, 0.1) is 12.8 Å². The summed E-state index contributed by atoms with van der Waals surface area (Å²) in [5.41, 5.74) is 4.50. The average Bonchev–Trinajstić information content (AvgIpc) is 3.43. The lowest BCUT2D eigenvalue weighted by Crippen LogP contribution is -2.40. The maximum atomic E-state index is 12.9. The first-order valence-corrected chi connectivity index (χ1v) is 10.5. The van der Waals surface area contributed by atoms with Gasteiger partial charge in [-0.3, -0.25) is 9.69 Å². The van der Waals surface area contributed by atoms with Crippen molar-refractivity contribution in [1.29, 1.82) is 0 Å². The molecule has 0 aliphatic carbocycles. The van der Waals surface area contributed by atoms with E-state index in [9.17, 15) is 4.79 Å².